The van der Waals surface area contributed by atoms with Gasteiger partial charge in [-0.25, -0.2) is 0 Å². The van der Waals surface area contributed by atoms with Gasteiger partial charge in [-0.3, -0.25) is 4.79 Å². The van der Waals surface area contributed by atoms with Crippen molar-refractivity contribution in [1.29, 1.82) is 0 Å². The second-order valence-corrected chi connectivity index (χ2v) is 3.92. The number of ether oxygens (including phenoxy) is 1. The molecule has 0 aromatic heterocycles. The van der Waals surface area contributed by atoms with Gasteiger partial charge in [0.2, 0.25) is 0 Å². The van der Waals surface area contributed by atoms with Crippen molar-refractivity contribution >= 4 is 17.4 Å². The van der Waals surface area contributed by atoms with E-state index in [0.717, 1.165) is 0 Å². The number of likely N-dealkylation sites (N-methyl/N-ethyl adjacent to an activating group) is 1. The van der Waals surface area contributed by atoms with E-state index in [1.807, 2.05) is 19.0 Å². The fraction of sp³-hybridized carbons (Fsp3) is 0.364. The van der Waals surface area contributed by atoms with Crippen molar-refractivity contribution in [2.45, 2.75) is 0 Å². The van der Waals surface area contributed by atoms with Gasteiger partial charge >= 0.3 is 0 Å². The summed E-state index contributed by atoms with van der Waals surface area (Å²) in [6.07, 6.45) is 0. The molecule has 0 saturated heterocycles. The van der Waals surface area contributed by atoms with E-state index in [1.165, 1.54) is 0 Å². The van der Waals surface area contributed by atoms with Crippen LogP contribution in [0.1, 0.15) is 10.4 Å². The number of hydrogen-bond donors (Lipinski definition) is 0. The number of rotatable bonds is 4. The molecule has 1 aromatic rings. The van der Waals surface area contributed by atoms with Gasteiger partial charge in [0.25, 0.3) is 0 Å². The molecule has 0 spiro atoms. The summed E-state index contributed by atoms with van der Waals surface area (Å²) in [4.78, 5) is 13.5. The molecule has 0 amide bonds. The largest absolute Gasteiger partial charge is 0.495 e. The maximum atomic E-state index is 11.7. The zero-order valence-corrected chi connectivity index (χ0v) is 9.84. The minimum atomic E-state index is 0.0459. The third-order valence-corrected chi connectivity index (χ3v) is 2.23. The molecule has 15 heavy (non-hydrogen) atoms. The van der Waals surface area contributed by atoms with Crippen molar-refractivity contribution in [2.24, 2.45) is 0 Å². The van der Waals surface area contributed by atoms with E-state index in [9.17, 15) is 4.79 Å². The lowest BCUT2D eigenvalue weighted by atomic mass is 10.1. The summed E-state index contributed by atoms with van der Waals surface area (Å²) in [5.74, 6) is 0.627. The lowest BCUT2D eigenvalue weighted by Crippen LogP contribution is -2.21. The summed E-state index contributed by atoms with van der Waals surface area (Å²) < 4.78 is 5.01. The van der Waals surface area contributed by atoms with Gasteiger partial charge in [-0.05, 0) is 32.3 Å². The molecule has 0 aliphatic carbocycles. The fourth-order valence-corrected chi connectivity index (χ4v) is 1.48. The van der Waals surface area contributed by atoms with E-state index in [0.29, 0.717) is 22.9 Å². The van der Waals surface area contributed by atoms with Gasteiger partial charge in [0.1, 0.15) is 5.75 Å². The van der Waals surface area contributed by atoms with Crippen LogP contribution in [0.2, 0.25) is 5.02 Å². The molecule has 3 nitrogen and oxygen atoms in total. The quantitative estimate of drug-likeness (QED) is 0.738. The van der Waals surface area contributed by atoms with Crippen LogP contribution in [-0.4, -0.2) is 38.4 Å². The highest BCUT2D eigenvalue weighted by molar-refractivity contribution is 6.32. The van der Waals surface area contributed by atoms with Crippen LogP contribution >= 0.6 is 11.6 Å². The van der Waals surface area contributed by atoms with Gasteiger partial charge in [0.15, 0.2) is 5.78 Å². The van der Waals surface area contributed by atoms with E-state index in [-0.39, 0.29) is 5.78 Å². The molecule has 0 atom stereocenters. The summed E-state index contributed by atoms with van der Waals surface area (Å²) in [5.41, 5.74) is 0.606. The van der Waals surface area contributed by atoms with Crippen LogP contribution in [0.5, 0.6) is 5.75 Å². The summed E-state index contributed by atoms with van der Waals surface area (Å²) in [7, 11) is 5.24. The van der Waals surface area contributed by atoms with Gasteiger partial charge in [-0.1, -0.05) is 11.6 Å². The first-order chi connectivity index (χ1) is 7.04. The predicted octanol–water partition coefficient (Wildman–Crippen LogP) is 2.09. The molecule has 0 radical (unpaired) electrons. The van der Waals surface area contributed by atoms with Gasteiger partial charge in [-0.2, -0.15) is 0 Å². The summed E-state index contributed by atoms with van der Waals surface area (Å²) >= 11 is 5.92. The standard InChI is InChI=1S/C11H14ClNO2/c1-13(2)7-10(14)8-4-5-11(15-3)9(12)6-8/h4-6H,7H2,1-3H3. The highest BCUT2D eigenvalue weighted by Gasteiger charge is 2.09. The van der Waals surface area contributed by atoms with Crippen LogP contribution in [0, 0.1) is 0 Å². The molecule has 82 valence electrons. The SMILES string of the molecule is COc1ccc(C(=O)CN(C)C)cc1Cl. The highest BCUT2D eigenvalue weighted by atomic mass is 35.5. The summed E-state index contributed by atoms with van der Waals surface area (Å²) in [6, 6.07) is 5.05. The van der Waals surface area contributed by atoms with Crippen molar-refractivity contribution in [1.82, 2.24) is 4.90 Å². The van der Waals surface area contributed by atoms with E-state index < -0.39 is 0 Å². The number of ketones is 1. The zero-order chi connectivity index (χ0) is 11.4. The molecule has 0 unspecified atom stereocenters. The second kappa shape index (κ2) is 5.14. The number of Topliss-reactive ketones (excluding diaryl/α,β-unsaturated/α-hetero) is 1. The number of nitrogens with zero attached hydrogens (tertiary/aromatic N) is 1. The lowest BCUT2D eigenvalue weighted by molar-refractivity contribution is 0.0958. The molecule has 0 aliphatic rings. The normalized spacial score (nSPS) is 10.5. The Morgan fingerprint density at radius 2 is 2.13 bits per heavy atom. The average Bonchev–Trinajstić information content (AvgIpc) is 2.16. The second-order valence-electron chi connectivity index (χ2n) is 3.51. The monoisotopic (exact) mass is 227 g/mol. The third-order valence-electron chi connectivity index (χ3n) is 1.93. The van der Waals surface area contributed by atoms with Crippen LogP contribution in [0.15, 0.2) is 18.2 Å². The number of carbonyl (C=O) groups is 1. The van der Waals surface area contributed by atoms with Crippen molar-refractivity contribution in [3.8, 4) is 5.75 Å². The number of carbonyl (C=O) groups excluding carboxylic acids is 1. The molecular weight excluding hydrogens is 214 g/mol. The van der Waals surface area contributed by atoms with Crippen molar-refractivity contribution in [2.75, 3.05) is 27.7 Å². The Morgan fingerprint density at radius 1 is 1.47 bits per heavy atom. The predicted molar refractivity (Wildman–Crippen MR) is 60.9 cm³/mol. The maximum absolute atomic E-state index is 11.7. The Kier molecular flexibility index (Phi) is 4.12. The fourth-order valence-electron chi connectivity index (χ4n) is 1.22. The number of methoxy groups -OCH3 is 1. The van der Waals surface area contributed by atoms with E-state index >= 15 is 0 Å². The minimum absolute atomic E-state index is 0.0459. The Bertz CT molecular complexity index is 364. The smallest absolute Gasteiger partial charge is 0.176 e. The number of halogens is 1. The van der Waals surface area contributed by atoms with Crippen LogP contribution in [-0.2, 0) is 0 Å². The summed E-state index contributed by atoms with van der Waals surface area (Å²) in [6.45, 7) is 0.378. The molecule has 0 N–H and O–H groups in total. The topological polar surface area (TPSA) is 29.5 Å². The first-order valence-electron chi connectivity index (χ1n) is 4.56. The Hall–Kier alpha value is -1.06. The number of hydrogen-bond acceptors (Lipinski definition) is 3. The van der Waals surface area contributed by atoms with Gasteiger partial charge in [0, 0.05) is 5.56 Å². The van der Waals surface area contributed by atoms with Crippen molar-refractivity contribution in [3.05, 3.63) is 28.8 Å². The Morgan fingerprint density at radius 3 is 2.60 bits per heavy atom. The zero-order valence-electron chi connectivity index (χ0n) is 9.08. The van der Waals surface area contributed by atoms with Crippen molar-refractivity contribution < 1.29 is 9.53 Å². The average molecular weight is 228 g/mol. The molecule has 1 aromatic carbocycles. The Labute approximate surface area is 94.6 Å². The minimum Gasteiger partial charge on any atom is -0.495 e. The van der Waals surface area contributed by atoms with Gasteiger partial charge in [0.05, 0.1) is 18.7 Å². The van der Waals surface area contributed by atoms with E-state index in [4.69, 9.17) is 16.3 Å². The first-order valence-corrected chi connectivity index (χ1v) is 4.94. The van der Waals surface area contributed by atoms with E-state index in [1.54, 1.807) is 25.3 Å². The van der Waals surface area contributed by atoms with Crippen molar-refractivity contribution in [3.63, 3.8) is 0 Å². The van der Waals surface area contributed by atoms with E-state index in [2.05, 4.69) is 0 Å². The number of benzene rings is 1. The first kappa shape index (κ1) is 12.0. The Balaban J connectivity index is 2.87. The van der Waals surface area contributed by atoms with Gasteiger partial charge in [-0.15, -0.1) is 0 Å². The van der Waals surface area contributed by atoms with Crippen LogP contribution in [0.25, 0.3) is 0 Å². The van der Waals surface area contributed by atoms with Crippen LogP contribution in [0.4, 0.5) is 0 Å². The van der Waals surface area contributed by atoms with Crippen LogP contribution in [0.3, 0.4) is 0 Å². The molecular formula is C11H14ClNO2. The molecule has 0 aliphatic heterocycles. The molecule has 4 heteroatoms. The highest BCUT2D eigenvalue weighted by Crippen LogP contribution is 2.25. The third kappa shape index (κ3) is 3.22. The maximum Gasteiger partial charge on any atom is 0.176 e. The molecule has 0 heterocycles. The molecule has 1 rings (SSSR count). The molecule has 0 fully saturated rings. The molecule has 0 saturated carbocycles. The molecule has 0 bridgehead atoms. The van der Waals surface area contributed by atoms with Crippen LogP contribution < -0.4 is 4.74 Å². The van der Waals surface area contributed by atoms with Gasteiger partial charge < -0.3 is 9.64 Å². The lowest BCUT2D eigenvalue weighted by Gasteiger charge is -2.09. The summed E-state index contributed by atoms with van der Waals surface area (Å²) in [5, 5.41) is 0.460.